The van der Waals surface area contributed by atoms with Crippen LogP contribution in [0, 0.1) is 5.92 Å². The standard InChI is InChI=1S/C27H33N3O7/c31-23(29-14-25(33)30-11-10-27(35)9-2-1-4-17(27)15-30)13-28-24(32)16-36-18-7-8-20-19-5-3-6-21(19)26(34)37-22(20)12-18/h7-8,12,17,35H,1-6,9-11,13-16H2,(H,28,32)(H,29,31)/t17-,27-/m0/s1. The van der Waals surface area contributed by atoms with Gasteiger partial charge in [0, 0.05) is 36.0 Å². The van der Waals surface area contributed by atoms with Gasteiger partial charge in [-0.2, -0.15) is 0 Å². The number of aliphatic hydroxyl groups is 1. The van der Waals surface area contributed by atoms with Gasteiger partial charge in [0.2, 0.25) is 11.8 Å². The van der Waals surface area contributed by atoms with Crippen molar-refractivity contribution in [3.63, 3.8) is 0 Å². The molecule has 3 N–H and O–H groups in total. The molecule has 1 saturated carbocycles. The van der Waals surface area contributed by atoms with Crippen LogP contribution in [-0.2, 0) is 27.2 Å². The zero-order valence-corrected chi connectivity index (χ0v) is 20.8. The summed E-state index contributed by atoms with van der Waals surface area (Å²) in [5.41, 5.74) is 1.21. The molecular weight excluding hydrogens is 478 g/mol. The number of likely N-dealkylation sites (tertiary alicyclic amines) is 1. The molecule has 0 spiro atoms. The van der Waals surface area contributed by atoms with Crippen LogP contribution in [0.1, 0.15) is 49.7 Å². The number of ether oxygens (including phenoxy) is 1. The average Bonchev–Trinajstić information content (AvgIpc) is 3.40. The zero-order chi connectivity index (χ0) is 26.0. The third kappa shape index (κ3) is 5.49. The highest BCUT2D eigenvalue weighted by atomic mass is 16.5. The van der Waals surface area contributed by atoms with Crippen LogP contribution >= 0.6 is 0 Å². The van der Waals surface area contributed by atoms with Crippen molar-refractivity contribution in [1.29, 1.82) is 0 Å². The summed E-state index contributed by atoms with van der Waals surface area (Å²) in [7, 11) is 0. The predicted octanol–water partition coefficient (Wildman–Crippen LogP) is 1.05. The zero-order valence-electron chi connectivity index (χ0n) is 20.8. The van der Waals surface area contributed by atoms with Crippen LogP contribution < -0.4 is 21.0 Å². The molecule has 1 saturated heterocycles. The third-order valence-corrected chi connectivity index (χ3v) is 7.98. The molecule has 37 heavy (non-hydrogen) atoms. The Morgan fingerprint density at radius 3 is 2.73 bits per heavy atom. The van der Waals surface area contributed by atoms with E-state index in [9.17, 15) is 24.3 Å². The molecule has 1 aliphatic heterocycles. The van der Waals surface area contributed by atoms with Crippen LogP contribution in [0.25, 0.3) is 11.0 Å². The van der Waals surface area contributed by atoms with Gasteiger partial charge in [0.25, 0.3) is 5.91 Å². The summed E-state index contributed by atoms with van der Waals surface area (Å²) in [5, 5.41) is 16.7. The van der Waals surface area contributed by atoms with E-state index >= 15 is 0 Å². The molecule has 0 radical (unpaired) electrons. The Labute approximate surface area is 214 Å². The molecule has 10 nitrogen and oxygen atoms in total. The smallest absolute Gasteiger partial charge is 0.339 e. The van der Waals surface area contributed by atoms with Crippen molar-refractivity contribution in [2.45, 2.75) is 57.0 Å². The van der Waals surface area contributed by atoms with Gasteiger partial charge in [-0.1, -0.05) is 12.8 Å². The first-order valence-electron chi connectivity index (χ1n) is 13.1. The highest BCUT2D eigenvalue weighted by molar-refractivity contribution is 5.88. The van der Waals surface area contributed by atoms with E-state index in [0.717, 1.165) is 61.5 Å². The minimum absolute atomic E-state index is 0.0911. The lowest BCUT2D eigenvalue weighted by atomic mass is 9.71. The van der Waals surface area contributed by atoms with Crippen molar-refractivity contribution >= 4 is 28.7 Å². The van der Waals surface area contributed by atoms with Gasteiger partial charge in [0.05, 0.1) is 18.7 Å². The Balaban J connectivity index is 1.04. The molecule has 2 aromatic rings. The third-order valence-electron chi connectivity index (χ3n) is 7.98. The number of benzene rings is 1. The molecule has 3 aliphatic rings. The van der Waals surface area contributed by atoms with E-state index in [1.54, 1.807) is 17.0 Å². The highest BCUT2D eigenvalue weighted by Gasteiger charge is 2.43. The lowest BCUT2D eigenvalue weighted by Gasteiger charge is -2.47. The van der Waals surface area contributed by atoms with Gasteiger partial charge < -0.3 is 29.8 Å². The lowest BCUT2D eigenvalue weighted by molar-refractivity contribution is -0.143. The number of fused-ring (bicyclic) bond motifs is 4. The van der Waals surface area contributed by atoms with Crippen LogP contribution in [0.3, 0.4) is 0 Å². The van der Waals surface area contributed by atoms with E-state index in [4.69, 9.17) is 9.15 Å². The summed E-state index contributed by atoms with van der Waals surface area (Å²) >= 11 is 0. The molecule has 0 unspecified atom stereocenters. The monoisotopic (exact) mass is 511 g/mol. The minimum Gasteiger partial charge on any atom is -0.484 e. The summed E-state index contributed by atoms with van der Waals surface area (Å²) in [6.45, 7) is 0.250. The average molecular weight is 512 g/mol. The molecule has 2 heterocycles. The molecule has 3 amide bonds. The maximum absolute atomic E-state index is 12.6. The number of carbonyl (C=O) groups excluding carboxylic acids is 3. The fraction of sp³-hybridized carbons (Fsp3) is 0.556. The topological polar surface area (TPSA) is 138 Å². The number of nitrogens with one attached hydrogen (secondary N) is 2. The molecule has 2 atom stereocenters. The summed E-state index contributed by atoms with van der Waals surface area (Å²) in [6.07, 6.45) is 6.87. The van der Waals surface area contributed by atoms with E-state index in [-0.39, 0.29) is 37.1 Å². The van der Waals surface area contributed by atoms with Crippen LogP contribution in [0.15, 0.2) is 27.4 Å². The number of rotatable bonds is 7. The Morgan fingerprint density at radius 1 is 1.05 bits per heavy atom. The Hall–Kier alpha value is -3.40. The maximum Gasteiger partial charge on any atom is 0.339 e. The number of hydrogen-bond acceptors (Lipinski definition) is 7. The first kappa shape index (κ1) is 25.3. The molecule has 10 heteroatoms. The Kier molecular flexibility index (Phi) is 7.19. The van der Waals surface area contributed by atoms with Crippen molar-refractivity contribution in [2.75, 3.05) is 32.8 Å². The summed E-state index contributed by atoms with van der Waals surface area (Å²) in [6, 6.07) is 5.15. The van der Waals surface area contributed by atoms with E-state index in [0.29, 0.717) is 30.8 Å². The fourth-order valence-electron chi connectivity index (χ4n) is 5.88. The van der Waals surface area contributed by atoms with Crippen molar-refractivity contribution in [3.8, 4) is 5.75 Å². The molecule has 198 valence electrons. The summed E-state index contributed by atoms with van der Waals surface area (Å²) in [4.78, 5) is 50.7. The molecule has 2 fully saturated rings. The van der Waals surface area contributed by atoms with Gasteiger partial charge in [-0.05, 0) is 56.2 Å². The quantitative estimate of drug-likeness (QED) is 0.472. The van der Waals surface area contributed by atoms with Crippen molar-refractivity contribution < 1.29 is 28.6 Å². The first-order valence-corrected chi connectivity index (χ1v) is 13.1. The molecule has 1 aromatic heterocycles. The molecule has 2 aliphatic carbocycles. The molecule has 5 rings (SSSR count). The van der Waals surface area contributed by atoms with Gasteiger partial charge in [0.15, 0.2) is 6.61 Å². The second kappa shape index (κ2) is 10.5. The number of piperidine rings is 1. The van der Waals surface area contributed by atoms with E-state index < -0.39 is 17.4 Å². The van der Waals surface area contributed by atoms with Gasteiger partial charge in [0.1, 0.15) is 11.3 Å². The lowest BCUT2D eigenvalue weighted by Crippen LogP contribution is -2.56. The van der Waals surface area contributed by atoms with Crippen molar-refractivity contribution in [3.05, 3.63) is 39.7 Å². The number of aryl methyl sites for hydroxylation is 1. The van der Waals surface area contributed by atoms with E-state index in [1.165, 1.54) is 0 Å². The second-order valence-corrected chi connectivity index (χ2v) is 10.3. The molecule has 0 bridgehead atoms. The van der Waals surface area contributed by atoms with E-state index in [1.807, 2.05) is 6.07 Å². The van der Waals surface area contributed by atoms with Crippen LogP contribution in [0.4, 0.5) is 0 Å². The van der Waals surface area contributed by atoms with Crippen LogP contribution in [0.5, 0.6) is 5.75 Å². The number of nitrogens with zero attached hydrogens (tertiary/aromatic N) is 1. The SMILES string of the molecule is O=C(CNC(=O)COc1ccc2c3c(c(=O)oc2c1)CCC3)NCC(=O)N1CC[C@@]2(O)CCCC[C@H]2C1. The highest BCUT2D eigenvalue weighted by Crippen LogP contribution is 2.39. The number of carbonyl (C=O) groups is 3. The Morgan fingerprint density at radius 2 is 1.86 bits per heavy atom. The Bertz CT molecular complexity index is 1270. The molecule has 1 aromatic carbocycles. The summed E-state index contributed by atoms with van der Waals surface area (Å²) < 4.78 is 10.9. The van der Waals surface area contributed by atoms with Crippen molar-refractivity contribution in [1.82, 2.24) is 15.5 Å². The first-order chi connectivity index (χ1) is 17.8. The molecular formula is C27H33N3O7. The number of amides is 3. The predicted molar refractivity (Wildman–Crippen MR) is 134 cm³/mol. The van der Waals surface area contributed by atoms with Crippen LogP contribution in [-0.4, -0.2) is 66.1 Å². The normalized spacial score (nSPS) is 22.7. The van der Waals surface area contributed by atoms with Crippen LogP contribution in [0.2, 0.25) is 0 Å². The maximum atomic E-state index is 12.6. The van der Waals surface area contributed by atoms with Gasteiger partial charge >= 0.3 is 5.63 Å². The largest absolute Gasteiger partial charge is 0.484 e. The van der Waals surface area contributed by atoms with Gasteiger partial charge in [-0.25, -0.2) is 4.79 Å². The van der Waals surface area contributed by atoms with Gasteiger partial charge in [-0.15, -0.1) is 0 Å². The minimum atomic E-state index is -0.661. The van der Waals surface area contributed by atoms with Gasteiger partial charge in [-0.3, -0.25) is 14.4 Å². The second-order valence-electron chi connectivity index (χ2n) is 10.3. The number of hydrogen-bond donors (Lipinski definition) is 3. The van der Waals surface area contributed by atoms with E-state index in [2.05, 4.69) is 10.6 Å². The van der Waals surface area contributed by atoms with Crippen molar-refractivity contribution in [2.24, 2.45) is 5.92 Å². The fourth-order valence-corrected chi connectivity index (χ4v) is 5.88. The summed E-state index contributed by atoms with van der Waals surface area (Å²) in [5.74, 6) is -0.693.